The van der Waals surface area contributed by atoms with E-state index >= 15 is 0 Å². The highest BCUT2D eigenvalue weighted by molar-refractivity contribution is 9.10. The number of hydrogen-bond donors (Lipinski definition) is 1. The average molecular weight is 385 g/mol. The number of pyridine rings is 1. The summed E-state index contributed by atoms with van der Waals surface area (Å²) in [5, 5.41) is 0.394. The standard InChI is InChI=1S/C13H8BrFN2O2S.C2H6/c14-7-4-9-6(3-8(7)15)11(18)10-12(19)16-20-13(10)17(9)5-1-2-5;1-2/h3-5H,1-2H2,(H,16,19);1-2H3. The summed E-state index contributed by atoms with van der Waals surface area (Å²) < 4.78 is 18.6. The molecule has 0 unspecified atom stereocenters. The second kappa shape index (κ2) is 5.62. The summed E-state index contributed by atoms with van der Waals surface area (Å²) >= 11 is 4.32. The van der Waals surface area contributed by atoms with Crippen LogP contribution < -0.4 is 11.0 Å². The van der Waals surface area contributed by atoms with Crippen LogP contribution in [0.25, 0.3) is 21.1 Å². The Hall–Kier alpha value is -1.47. The SMILES string of the molecule is CC.O=c1[nH]sc2c1c(=O)c1cc(F)c(Br)cc1n2C1CC1. The summed E-state index contributed by atoms with van der Waals surface area (Å²) in [6.45, 7) is 4.00. The van der Waals surface area contributed by atoms with Crippen LogP contribution in [0.1, 0.15) is 32.7 Å². The number of aromatic nitrogens is 2. The number of fused-ring (bicyclic) bond motifs is 2. The third-order valence-electron chi connectivity index (χ3n) is 3.58. The molecule has 1 N–H and O–H groups in total. The monoisotopic (exact) mass is 384 g/mol. The first kappa shape index (κ1) is 15.4. The third-order valence-corrected chi connectivity index (χ3v) is 5.07. The molecule has 0 spiro atoms. The van der Waals surface area contributed by atoms with E-state index in [1.165, 1.54) is 6.07 Å². The van der Waals surface area contributed by atoms with E-state index in [4.69, 9.17) is 0 Å². The second-order valence-electron chi connectivity index (χ2n) is 4.93. The molecule has 0 radical (unpaired) electrons. The van der Waals surface area contributed by atoms with Crippen molar-refractivity contribution in [1.82, 2.24) is 8.94 Å². The number of H-pyrrole nitrogens is 1. The molecule has 0 amide bonds. The van der Waals surface area contributed by atoms with Crippen molar-refractivity contribution in [2.75, 3.05) is 0 Å². The van der Waals surface area contributed by atoms with E-state index in [1.807, 2.05) is 18.4 Å². The lowest BCUT2D eigenvalue weighted by Crippen LogP contribution is -2.15. The van der Waals surface area contributed by atoms with Gasteiger partial charge in [-0.05, 0) is 52.4 Å². The average Bonchev–Trinajstić information content (AvgIpc) is 3.27. The van der Waals surface area contributed by atoms with Gasteiger partial charge in [0.05, 0.1) is 9.99 Å². The van der Waals surface area contributed by atoms with Crippen molar-refractivity contribution in [2.24, 2.45) is 0 Å². The van der Waals surface area contributed by atoms with Gasteiger partial charge in [0.2, 0.25) is 5.43 Å². The van der Waals surface area contributed by atoms with Gasteiger partial charge in [-0.15, -0.1) is 0 Å². The van der Waals surface area contributed by atoms with Gasteiger partial charge in [0, 0.05) is 11.4 Å². The fourth-order valence-electron chi connectivity index (χ4n) is 2.52. The van der Waals surface area contributed by atoms with Gasteiger partial charge in [0.25, 0.3) is 5.56 Å². The lowest BCUT2D eigenvalue weighted by atomic mass is 10.1. The zero-order valence-corrected chi connectivity index (χ0v) is 14.5. The topological polar surface area (TPSA) is 54.9 Å². The molecule has 4 nitrogen and oxygen atoms in total. The number of rotatable bonds is 1. The summed E-state index contributed by atoms with van der Waals surface area (Å²) in [6, 6.07) is 3.11. The van der Waals surface area contributed by atoms with Gasteiger partial charge in [-0.2, -0.15) is 0 Å². The molecule has 0 atom stereocenters. The van der Waals surface area contributed by atoms with Crippen LogP contribution in [0.4, 0.5) is 4.39 Å². The van der Waals surface area contributed by atoms with Crippen molar-refractivity contribution in [3.05, 3.63) is 43.0 Å². The van der Waals surface area contributed by atoms with E-state index in [9.17, 15) is 14.0 Å². The minimum absolute atomic E-state index is 0.135. The fraction of sp³-hybridized carbons (Fsp3) is 0.333. The lowest BCUT2D eigenvalue weighted by Gasteiger charge is -2.11. The summed E-state index contributed by atoms with van der Waals surface area (Å²) in [5.41, 5.74) is -0.121. The number of halogens is 2. The van der Waals surface area contributed by atoms with Crippen LogP contribution in [-0.2, 0) is 0 Å². The van der Waals surface area contributed by atoms with Crippen LogP contribution >= 0.6 is 27.5 Å². The van der Waals surface area contributed by atoms with Crippen molar-refractivity contribution < 1.29 is 4.39 Å². The van der Waals surface area contributed by atoms with E-state index in [1.54, 1.807) is 6.07 Å². The third kappa shape index (κ3) is 2.23. The molecule has 2 aromatic heterocycles. The quantitative estimate of drug-likeness (QED) is 0.684. The maximum Gasteiger partial charge on any atom is 0.271 e. The van der Waals surface area contributed by atoms with E-state index < -0.39 is 16.8 Å². The molecule has 0 saturated heterocycles. The number of aromatic amines is 1. The van der Waals surface area contributed by atoms with Gasteiger partial charge >= 0.3 is 0 Å². The summed E-state index contributed by atoms with van der Waals surface area (Å²) in [4.78, 5) is 24.9. The minimum Gasteiger partial charge on any atom is -0.328 e. The summed E-state index contributed by atoms with van der Waals surface area (Å²) in [6.07, 6.45) is 2.02. The van der Waals surface area contributed by atoms with Crippen LogP contribution in [0.15, 0.2) is 26.2 Å². The van der Waals surface area contributed by atoms with Crippen LogP contribution in [-0.4, -0.2) is 8.94 Å². The predicted molar refractivity (Wildman–Crippen MR) is 91.5 cm³/mol. The normalized spacial score (nSPS) is 14.2. The highest BCUT2D eigenvalue weighted by Crippen LogP contribution is 2.40. The van der Waals surface area contributed by atoms with Crippen molar-refractivity contribution in [1.29, 1.82) is 0 Å². The molecule has 2 heterocycles. The van der Waals surface area contributed by atoms with Crippen LogP contribution in [0, 0.1) is 5.82 Å². The van der Waals surface area contributed by atoms with Crippen LogP contribution in [0.2, 0.25) is 0 Å². The molecule has 22 heavy (non-hydrogen) atoms. The van der Waals surface area contributed by atoms with Crippen molar-refractivity contribution >= 4 is 48.6 Å². The minimum atomic E-state index is -0.497. The Morgan fingerprint density at radius 2 is 2.00 bits per heavy atom. The molecule has 3 aromatic rings. The first-order chi connectivity index (χ1) is 10.6. The van der Waals surface area contributed by atoms with Gasteiger partial charge < -0.3 is 4.57 Å². The molecule has 7 heteroatoms. The maximum atomic E-state index is 13.7. The fourth-order valence-corrected chi connectivity index (χ4v) is 3.78. The molecule has 1 fully saturated rings. The molecular weight excluding hydrogens is 371 g/mol. The Morgan fingerprint density at radius 3 is 2.64 bits per heavy atom. The van der Waals surface area contributed by atoms with E-state index in [0.717, 1.165) is 24.4 Å². The molecule has 1 aliphatic rings. The molecule has 1 saturated carbocycles. The molecule has 0 bridgehead atoms. The van der Waals surface area contributed by atoms with Gasteiger partial charge in [0.1, 0.15) is 16.0 Å². The highest BCUT2D eigenvalue weighted by atomic mass is 79.9. The zero-order valence-electron chi connectivity index (χ0n) is 12.1. The molecule has 0 aliphatic heterocycles. The summed E-state index contributed by atoms with van der Waals surface area (Å²) in [7, 11) is 0. The zero-order chi connectivity index (χ0) is 16.0. The Kier molecular flexibility index (Phi) is 3.94. The Bertz CT molecular complexity index is 985. The van der Waals surface area contributed by atoms with E-state index in [-0.39, 0.29) is 16.8 Å². The smallest absolute Gasteiger partial charge is 0.271 e. The lowest BCUT2D eigenvalue weighted by molar-refractivity contribution is 0.622. The van der Waals surface area contributed by atoms with Crippen molar-refractivity contribution in [3.8, 4) is 0 Å². The Morgan fingerprint density at radius 1 is 1.32 bits per heavy atom. The predicted octanol–water partition coefficient (Wildman–Crippen LogP) is 4.17. The number of hydrogen-bond acceptors (Lipinski definition) is 3. The van der Waals surface area contributed by atoms with Crippen LogP contribution in [0.3, 0.4) is 0 Å². The van der Waals surface area contributed by atoms with Crippen molar-refractivity contribution in [2.45, 2.75) is 32.7 Å². The van der Waals surface area contributed by atoms with Crippen LogP contribution in [0.5, 0.6) is 0 Å². The molecule has 4 rings (SSSR count). The highest BCUT2D eigenvalue weighted by Gasteiger charge is 2.28. The first-order valence-corrected chi connectivity index (χ1v) is 8.73. The molecule has 1 aliphatic carbocycles. The van der Waals surface area contributed by atoms with E-state index in [0.29, 0.717) is 14.8 Å². The number of benzene rings is 1. The Balaban J connectivity index is 0.000000693. The van der Waals surface area contributed by atoms with Gasteiger partial charge in [-0.3, -0.25) is 14.0 Å². The number of nitrogens with zero attached hydrogens (tertiary/aromatic N) is 1. The second-order valence-corrected chi connectivity index (χ2v) is 6.58. The van der Waals surface area contributed by atoms with E-state index in [2.05, 4.69) is 20.3 Å². The maximum absolute atomic E-state index is 13.7. The molecule has 1 aromatic carbocycles. The van der Waals surface area contributed by atoms with Crippen molar-refractivity contribution in [3.63, 3.8) is 0 Å². The Labute approximate surface area is 137 Å². The number of nitrogens with one attached hydrogen (secondary N) is 1. The van der Waals surface area contributed by atoms with Gasteiger partial charge in [-0.25, -0.2) is 4.39 Å². The van der Waals surface area contributed by atoms with Gasteiger partial charge in [0.15, 0.2) is 0 Å². The summed E-state index contributed by atoms with van der Waals surface area (Å²) in [5.74, 6) is -0.497. The molecular formula is C15H14BrFN2O2S. The first-order valence-electron chi connectivity index (χ1n) is 7.12. The van der Waals surface area contributed by atoms with Gasteiger partial charge in [-0.1, -0.05) is 13.8 Å². The largest absolute Gasteiger partial charge is 0.328 e. The molecule has 116 valence electrons.